The minimum absolute atomic E-state index is 0.00177. The van der Waals surface area contributed by atoms with Crippen molar-refractivity contribution < 1.29 is 4.92 Å². The third-order valence-corrected chi connectivity index (χ3v) is 5.26. The molecule has 1 heterocycles. The first-order valence-electron chi connectivity index (χ1n) is 5.79. The van der Waals surface area contributed by atoms with E-state index in [4.69, 9.17) is 69.6 Å². The van der Waals surface area contributed by atoms with Crippen molar-refractivity contribution in [2.24, 2.45) is 0 Å². The monoisotopic (exact) mass is 503 g/mol. The standard InChI is InChI=1S/C10H3Cl6N3O4S2/c11-9(12,13)24-17-6-2-1-4(19(22)23)3-5(6)7(20)18(8(17)21)25-10(14,15)16/h1-3H. The van der Waals surface area contributed by atoms with E-state index in [1.54, 1.807) is 0 Å². The summed E-state index contributed by atoms with van der Waals surface area (Å²) in [7, 11) is 0. The van der Waals surface area contributed by atoms with Crippen LogP contribution in [0.25, 0.3) is 10.9 Å². The Kier molecular flexibility index (Phi) is 6.44. The van der Waals surface area contributed by atoms with Gasteiger partial charge < -0.3 is 0 Å². The summed E-state index contributed by atoms with van der Waals surface area (Å²) in [4.78, 5) is 35.4. The Bertz CT molecular complexity index is 964. The van der Waals surface area contributed by atoms with E-state index in [1.807, 2.05) is 0 Å². The average molecular weight is 506 g/mol. The third-order valence-electron chi connectivity index (χ3n) is 2.56. The maximum Gasteiger partial charge on any atom is 0.352 e. The highest BCUT2D eigenvalue weighted by atomic mass is 35.6. The van der Waals surface area contributed by atoms with Crippen LogP contribution in [0.1, 0.15) is 0 Å². The number of fused-ring (bicyclic) bond motifs is 1. The highest BCUT2D eigenvalue weighted by Gasteiger charge is 2.30. The molecule has 0 radical (unpaired) electrons. The number of nitrogens with zero attached hydrogens (tertiary/aromatic N) is 3. The fourth-order valence-electron chi connectivity index (χ4n) is 1.74. The van der Waals surface area contributed by atoms with E-state index in [1.165, 1.54) is 6.07 Å². The van der Waals surface area contributed by atoms with Gasteiger partial charge >= 0.3 is 5.69 Å². The minimum atomic E-state index is -2.06. The number of aromatic nitrogens is 2. The molecule has 0 bridgehead atoms. The molecule has 0 saturated carbocycles. The number of nitro groups is 1. The van der Waals surface area contributed by atoms with Crippen LogP contribution < -0.4 is 11.2 Å². The lowest BCUT2D eigenvalue weighted by molar-refractivity contribution is -0.384. The number of halogens is 6. The second-order valence-corrected chi connectivity index (χ2v) is 12.4. The number of alkyl halides is 6. The Morgan fingerprint density at radius 2 is 1.48 bits per heavy atom. The summed E-state index contributed by atoms with van der Waals surface area (Å²) in [6.07, 6.45) is 0. The summed E-state index contributed by atoms with van der Waals surface area (Å²) in [5.41, 5.74) is -2.25. The van der Waals surface area contributed by atoms with Crippen LogP contribution in [-0.4, -0.2) is 19.1 Å². The number of non-ortho nitro benzene ring substituents is 1. The first-order chi connectivity index (χ1) is 11.3. The number of nitro benzene ring substituents is 1. The van der Waals surface area contributed by atoms with Crippen LogP contribution in [0.15, 0.2) is 27.8 Å². The Morgan fingerprint density at radius 3 is 1.96 bits per heavy atom. The highest BCUT2D eigenvalue weighted by molar-refractivity contribution is 8.04. The van der Waals surface area contributed by atoms with Crippen LogP contribution in [0.4, 0.5) is 5.69 Å². The van der Waals surface area contributed by atoms with Crippen LogP contribution in [0.5, 0.6) is 0 Å². The fourth-order valence-corrected chi connectivity index (χ4v) is 4.21. The van der Waals surface area contributed by atoms with E-state index in [2.05, 4.69) is 0 Å². The fraction of sp³-hybridized carbons (Fsp3) is 0.200. The first-order valence-corrected chi connectivity index (χ1v) is 9.60. The normalized spacial score (nSPS) is 12.6. The van der Waals surface area contributed by atoms with Crippen molar-refractivity contribution in [1.82, 2.24) is 7.94 Å². The van der Waals surface area contributed by atoms with Gasteiger partial charge in [0.2, 0.25) is 0 Å². The summed E-state index contributed by atoms with van der Waals surface area (Å²) in [5.74, 6) is 0. The number of hydrogen-bond acceptors (Lipinski definition) is 6. The van der Waals surface area contributed by atoms with Crippen molar-refractivity contribution in [2.75, 3.05) is 0 Å². The lowest BCUT2D eigenvalue weighted by atomic mass is 10.2. The van der Waals surface area contributed by atoms with Gasteiger partial charge in [0.1, 0.15) is 0 Å². The van der Waals surface area contributed by atoms with Gasteiger partial charge in [-0.1, -0.05) is 69.6 Å². The van der Waals surface area contributed by atoms with Crippen LogP contribution in [0.2, 0.25) is 0 Å². The van der Waals surface area contributed by atoms with E-state index < -0.39 is 22.4 Å². The zero-order chi connectivity index (χ0) is 19.2. The second kappa shape index (κ2) is 7.55. The molecule has 136 valence electrons. The molecule has 0 fully saturated rings. The molecule has 2 rings (SSSR count). The maximum absolute atomic E-state index is 12.6. The third kappa shape index (κ3) is 5.26. The summed E-state index contributed by atoms with van der Waals surface area (Å²) in [5, 5.41) is 10.7. The number of benzene rings is 1. The van der Waals surface area contributed by atoms with Gasteiger partial charge in [-0.25, -0.2) is 8.77 Å². The van der Waals surface area contributed by atoms with Gasteiger partial charge in [-0.05, 0) is 6.07 Å². The van der Waals surface area contributed by atoms with Crippen molar-refractivity contribution in [1.29, 1.82) is 0 Å². The molecule has 0 saturated heterocycles. The van der Waals surface area contributed by atoms with Gasteiger partial charge in [0.25, 0.3) is 17.5 Å². The SMILES string of the molecule is O=c1c2cc([N+](=O)[O-])ccc2n(SC(Cl)(Cl)Cl)c(=O)n1SC(Cl)(Cl)Cl. The van der Waals surface area contributed by atoms with Gasteiger partial charge in [-0.3, -0.25) is 14.9 Å². The molecule has 0 aliphatic rings. The van der Waals surface area contributed by atoms with Gasteiger partial charge in [-0.2, -0.15) is 3.97 Å². The Morgan fingerprint density at radius 1 is 0.960 bits per heavy atom. The summed E-state index contributed by atoms with van der Waals surface area (Å²) >= 11 is 34.7. The van der Waals surface area contributed by atoms with Crippen molar-refractivity contribution >= 4 is 110 Å². The molecule has 25 heavy (non-hydrogen) atoms. The van der Waals surface area contributed by atoms with Crippen LogP contribution in [-0.2, 0) is 0 Å². The molecule has 0 atom stereocenters. The van der Waals surface area contributed by atoms with Crippen LogP contribution in [0.3, 0.4) is 0 Å². The van der Waals surface area contributed by atoms with Gasteiger partial charge in [0.05, 0.1) is 15.8 Å². The van der Waals surface area contributed by atoms with Crippen LogP contribution in [0, 0.1) is 10.1 Å². The molecule has 0 N–H and O–H groups in total. The van der Waals surface area contributed by atoms with E-state index in [9.17, 15) is 19.7 Å². The largest absolute Gasteiger partial charge is 0.352 e. The average Bonchev–Trinajstić information content (AvgIpc) is 2.45. The van der Waals surface area contributed by atoms with Crippen molar-refractivity contribution in [3.63, 3.8) is 0 Å². The molecule has 1 aromatic carbocycles. The molecule has 0 amide bonds. The van der Waals surface area contributed by atoms with Crippen molar-refractivity contribution in [2.45, 2.75) is 6.25 Å². The van der Waals surface area contributed by atoms with Gasteiger partial charge in [0, 0.05) is 36.0 Å². The molecular weight excluding hydrogens is 503 g/mol. The molecule has 0 aliphatic carbocycles. The first kappa shape index (κ1) is 21.3. The number of rotatable bonds is 3. The molecule has 0 spiro atoms. The Balaban J connectivity index is 2.91. The van der Waals surface area contributed by atoms with Crippen LogP contribution >= 0.6 is 93.5 Å². The highest BCUT2D eigenvalue weighted by Crippen LogP contribution is 2.41. The smallest absolute Gasteiger partial charge is 0.267 e. The summed E-state index contributed by atoms with van der Waals surface area (Å²) in [6, 6.07) is 3.26. The lowest BCUT2D eigenvalue weighted by Crippen LogP contribution is -2.37. The quantitative estimate of drug-likeness (QED) is 0.341. The topological polar surface area (TPSA) is 87.1 Å². The van der Waals surface area contributed by atoms with E-state index in [-0.39, 0.29) is 28.5 Å². The van der Waals surface area contributed by atoms with E-state index in [0.717, 1.165) is 16.1 Å². The van der Waals surface area contributed by atoms with Gasteiger partial charge in [0.15, 0.2) is 0 Å². The van der Waals surface area contributed by atoms with Crippen molar-refractivity contribution in [3.05, 3.63) is 49.2 Å². The minimum Gasteiger partial charge on any atom is -0.267 e. The second-order valence-electron chi connectivity index (χ2n) is 4.21. The summed E-state index contributed by atoms with van der Waals surface area (Å²) < 4.78 is -2.63. The zero-order valence-electron chi connectivity index (χ0n) is 11.3. The predicted octanol–water partition coefficient (Wildman–Crippen LogP) is 4.72. The lowest BCUT2D eigenvalue weighted by Gasteiger charge is -2.17. The predicted molar refractivity (Wildman–Crippen MR) is 106 cm³/mol. The molecule has 7 nitrogen and oxygen atoms in total. The molecular formula is C10H3Cl6N3O4S2. The molecule has 1 aromatic heterocycles. The summed E-state index contributed by atoms with van der Waals surface area (Å²) in [6.45, 7) is 0. The number of hydrogen-bond donors (Lipinski definition) is 0. The maximum atomic E-state index is 12.6. The molecule has 0 aliphatic heterocycles. The van der Waals surface area contributed by atoms with E-state index in [0.29, 0.717) is 15.9 Å². The van der Waals surface area contributed by atoms with Gasteiger partial charge in [-0.15, -0.1) is 0 Å². The molecule has 0 unspecified atom stereocenters. The van der Waals surface area contributed by atoms with E-state index >= 15 is 0 Å². The zero-order valence-corrected chi connectivity index (χ0v) is 17.5. The molecule has 15 heteroatoms. The molecule has 2 aromatic rings. The Labute approximate surface area is 177 Å². The van der Waals surface area contributed by atoms with Crippen molar-refractivity contribution in [3.8, 4) is 0 Å². The Hall–Kier alpha value is -0.000000000000000111.